The minimum absolute atomic E-state index is 0.233. The summed E-state index contributed by atoms with van der Waals surface area (Å²) in [6, 6.07) is 30.4. The maximum absolute atomic E-state index is 12.9. The van der Waals surface area contributed by atoms with Gasteiger partial charge in [-0.15, -0.1) is 0 Å². The number of hydrogen-bond acceptors (Lipinski definition) is 7. The first-order valence-electron chi connectivity index (χ1n) is 14.6. The Morgan fingerprint density at radius 2 is 1.56 bits per heavy atom. The van der Waals surface area contributed by atoms with Crippen molar-refractivity contribution >= 4 is 51.1 Å². The molecule has 0 fully saturated rings. The summed E-state index contributed by atoms with van der Waals surface area (Å²) in [6.07, 6.45) is 1.12. The maximum Gasteiger partial charge on any atom is 0.410 e. The fourth-order valence-corrected chi connectivity index (χ4v) is 4.95. The van der Waals surface area contributed by atoms with Gasteiger partial charge >= 0.3 is 6.09 Å². The van der Waals surface area contributed by atoms with E-state index >= 15 is 0 Å². The Labute approximate surface area is 260 Å². The molecule has 6 aromatic rings. The van der Waals surface area contributed by atoms with Crippen molar-refractivity contribution < 1.29 is 18.7 Å². The van der Waals surface area contributed by atoms with E-state index in [9.17, 15) is 9.59 Å². The standard InChI is InChI=1S/C36H33N5O4/c1-36(2,3)45-35(43)41(4)21-23-12-14-24(15-13-23)34(42)40-26-18-16-25(17-19-26)39-32-20-30(37-22-38-32)29-10-7-9-28-27-8-5-6-11-31(27)44-33(28)29/h5-20,22H,21H2,1-4H3,(H,40,42)(H,37,38,39). The van der Waals surface area contributed by atoms with E-state index in [0.29, 0.717) is 23.6 Å². The number of aromatic nitrogens is 2. The minimum atomic E-state index is -0.562. The number of fused-ring (bicyclic) bond motifs is 3. The van der Waals surface area contributed by atoms with Crippen LogP contribution in [0.3, 0.4) is 0 Å². The Hall–Kier alpha value is -5.70. The second-order valence-electron chi connectivity index (χ2n) is 11.8. The van der Waals surface area contributed by atoms with Crippen molar-refractivity contribution in [1.82, 2.24) is 14.9 Å². The van der Waals surface area contributed by atoms with E-state index in [4.69, 9.17) is 9.15 Å². The zero-order valence-electron chi connectivity index (χ0n) is 25.5. The molecule has 2 N–H and O–H groups in total. The quantitative estimate of drug-likeness (QED) is 0.190. The smallest absolute Gasteiger partial charge is 0.410 e. The Balaban J connectivity index is 1.09. The van der Waals surface area contributed by atoms with Crippen molar-refractivity contribution in [2.75, 3.05) is 17.7 Å². The summed E-state index contributed by atoms with van der Waals surface area (Å²) < 4.78 is 11.6. The monoisotopic (exact) mass is 599 g/mol. The molecule has 0 unspecified atom stereocenters. The average molecular weight is 600 g/mol. The second kappa shape index (κ2) is 12.1. The molecule has 4 aromatic carbocycles. The Morgan fingerprint density at radius 1 is 0.844 bits per heavy atom. The van der Waals surface area contributed by atoms with Gasteiger partial charge in [-0.25, -0.2) is 14.8 Å². The third-order valence-electron chi connectivity index (χ3n) is 7.10. The van der Waals surface area contributed by atoms with Crippen LogP contribution in [0.2, 0.25) is 0 Å². The number of hydrogen-bond donors (Lipinski definition) is 2. The van der Waals surface area contributed by atoms with E-state index in [2.05, 4.69) is 26.7 Å². The lowest BCUT2D eigenvalue weighted by Gasteiger charge is -2.24. The summed E-state index contributed by atoms with van der Waals surface area (Å²) in [5, 5.41) is 8.34. The van der Waals surface area contributed by atoms with Crippen molar-refractivity contribution in [3.05, 3.63) is 115 Å². The highest BCUT2D eigenvalue weighted by Crippen LogP contribution is 2.35. The van der Waals surface area contributed by atoms with Gasteiger partial charge in [0.15, 0.2) is 0 Å². The van der Waals surface area contributed by atoms with Gasteiger partial charge in [-0.1, -0.05) is 42.5 Å². The molecule has 226 valence electrons. The van der Waals surface area contributed by atoms with E-state index in [0.717, 1.165) is 44.4 Å². The van der Waals surface area contributed by atoms with E-state index in [-0.39, 0.29) is 5.91 Å². The van der Waals surface area contributed by atoms with Gasteiger partial charge in [0.1, 0.15) is 28.9 Å². The first-order valence-corrected chi connectivity index (χ1v) is 14.6. The molecule has 6 rings (SSSR count). The number of ether oxygens (including phenoxy) is 1. The van der Waals surface area contributed by atoms with E-state index in [1.807, 2.05) is 99.6 Å². The van der Waals surface area contributed by atoms with Gasteiger partial charge in [-0.2, -0.15) is 0 Å². The summed E-state index contributed by atoms with van der Waals surface area (Å²) in [5.74, 6) is 0.394. The van der Waals surface area contributed by atoms with Crippen LogP contribution in [-0.2, 0) is 11.3 Å². The van der Waals surface area contributed by atoms with Crippen LogP contribution < -0.4 is 10.6 Å². The summed E-state index contributed by atoms with van der Waals surface area (Å²) in [4.78, 5) is 35.5. The fourth-order valence-electron chi connectivity index (χ4n) is 4.95. The number of furan rings is 1. The van der Waals surface area contributed by atoms with Gasteiger partial charge in [-0.3, -0.25) is 4.79 Å². The van der Waals surface area contributed by atoms with Crippen LogP contribution in [0.5, 0.6) is 0 Å². The van der Waals surface area contributed by atoms with Gasteiger partial charge in [0.2, 0.25) is 0 Å². The predicted molar refractivity (Wildman–Crippen MR) is 177 cm³/mol. The summed E-state index contributed by atoms with van der Waals surface area (Å²) in [7, 11) is 1.68. The molecule has 0 spiro atoms. The molecule has 0 atom stereocenters. The molecule has 2 amide bonds. The van der Waals surface area contributed by atoms with Gasteiger partial charge < -0.3 is 24.7 Å². The maximum atomic E-state index is 12.9. The lowest BCUT2D eigenvalue weighted by molar-refractivity contribution is 0.0285. The number of benzene rings is 4. The van der Waals surface area contributed by atoms with Crippen LogP contribution in [0, 0.1) is 0 Å². The molecule has 45 heavy (non-hydrogen) atoms. The first-order chi connectivity index (χ1) is 21.6. The van der Waals surface area contributed by atoms with Crippen LogP contribution >= 0.6 is 0 Å². The van der Waals surface area contributed by atoms with E-state index < -0.39 is 11.7 Å². The predicted octanol–water partition coefficient (Wildman–Crippen LogP) is 8.41. The SMILES string of the molecule is CN(Cc1ccc(C(=O)Nc2ccc(Nc3cc(-c4cccc5c4oc4ccccc45)ncn3)cc2)cc1)C(=O)OC(C)(C)C. The molecule has 9 heteroatoms. The number of nitrogens with one attached hydrogen (secondary N) is 2. The van der Waals surface area contributed by atoms with Crippen LogP contribution in [-0.4, -0.2) is 39.5 Å². The molecule has 2 aromatic heterocycles. The molecule has 2 heterocycles. The fraction of sp³-hybridized carbons (Fsp3) is 0.167. The highest BCUT2D eigenvalue weighted by Gasteiger charge is 2.20. The van der Waals surface area contributed by atoms with E-state index in [1.165, 1.54) is 11.2 Å². The Kier molecular flexibility index (Phi) is 7.91. The Morgan fingerprint density at radius 3 is 2.31 bits per heavy atom. The highest BCUT2D eigenvalue weighted by molar-refractivity contribution is 6.09. The number of carbonyl (C=O) groups excluding carboxylic acids is 2. The average Bonchev–Trinajstić information content (AvgIpc) is 3.41. The van der Waals surface area contributed by atoms with Gasteiger partial charge in [0.05, 0.1) is 5.69 Å². The largest absolute Gasteiger partial charge is 0.455 e. The second-order valence-corrected chi connectivity index (χ2v) is 11.8. The van der Waals surface area contributed by atoms with Gasteiger partial charge in [0, 0.05) is 52.9 Å². The van der Waals surface area contributed by atoms with Crippen LogP contribution in [0.15, 0.2) is 108 Å². The lowest BCUT2D eigenvalue weighted by Crippen LogP contribution is -2.33. The summed E-state index contributed by atoms with van der Waals surface area (Å²) >= 11 is 0. The van der Waals surface area contributed by atoms with E-state index in [1.54, 1.807) is 19.2 Å². The van der Waals surface area contributed by atoms with Crippen molar-refractivity contribution in [3.63, 3.8) is 0 Å². The van der Waals surface area contributed by atoms with Crippen molar-refractivity contribution in [2.45, 2.75) is 32.9 Å². The molecule has 0 saturated heterocycles. The van der Waals surface area contributed by atoms with Crippen molar-refractivity contribution in [2.24, 2.45) is 0 Å². The number of carbonyl (C=O) groups is 2. The summed E-state index contributed by atoms with van der Waals surface area (Å²) in [6.45, 7) is 5.86. The molecular formula is C36H33N5O4. The minimum Gasteiger partial charge on any atom is -0.455 e. The van der Waals surface area contributed by atoms with Crippen molar-refractivity contribution in [3.8, 4) is 11.3 Å². The Bertz CT molecular complexity index is 1990. The molecule has 0 aliphatic carbocycles. The van der Waals surface area contributed by atoms with Crippen LogP contribution in [0.4, 0.5) is 22.0 Å². The van der Waals surface area contributed by atoms with Crippen LogP contribution in [0.25, 0.3) is 33.2 Å². The molecular weight excluding hydrogens is 566 g/mol. The topological polar surface area (TPSA) is 110 Å². The molecule has 9 nitrogen and oxygen atoms in total. The van der Waals surface area contributed by atoms with Gasteiger partial charge in [-0.05, 0) is 74.9 Å². The zero-order valence-corrected chi connectivity index (χ0v) is 25.5. The zero-order chi connectivity index (χ0) is 31.6. The number of amides is 2. The first kappa shape index (κ1) is 29.4. The molecule has 0 aliphatic heterocycles. The number of nitrogens with zero attached hydrogens (tertiary/aromatic N) is 3. The van der Waals surface area contributed by atoms with Crippen LogP contribution in [0.1, 0.15) is 36.7 Å². The number of anilines is 3. The molecule has 0 bridgehead atoms. The third-order valence-corrected chi connectivity index (χ3v) is 7.10. The summed E-state index contributed by atoms with van der Waals surface area (Å²) in [5.41, 5.74) is 5.53. The number of rotatable bonds is 7. The molecule has 0 radical (unpaired) electrons. The highest BCUT2D eigenvalue weighted by atomic mass is 16.6. The lowest BCUT2D eigenvalue weighted by atomic mass is 10.1. The van der Waals surface area contributed by atoms with Gasteiger partial charge in [0.25, 0.3) is 5.91 Å². The molecule has 0 saturated carbocycles. The van der Waals surface area contributed by atoms with Crippen molar-refractivity contribution in [1.29, 1.82) is 0 Å². The number of para-hydroxylation sites is 2. The third kappa shape index (κ3) is 6.78. The molecule has 0 aliphatic rings. The normalized spacial score (nSPS) is 11.4.